The van der Waals surface area contributed by atoms with E-state index in [0.717, 1.165) is 12.1 Å². The summed E-state index contributed by atoms with van der Waals surface area (Å²) in [4.78, 5) is 30.7. The minimum absolute atomic E-state index is 0.0392. The van der Waals surface area contributed by atoms with Crippen LogP contribution in [0.1, 0.15) is 24.7 Å². The van der Waals surface area contributed by atoms with Crippen LogP contribution in [-0.4, -0.2) is 27.4 Å². The second kappa shape index (κ2) is 9.23. The molecule has 0 bridgehead atoms. The van der Waals surface area contributed by atoms with E-state index in [1.807, 2.05) is 37.3 Å². The molecule has 1 amide bonds. The van der Waals surface area contributed by atoms with Gasteiger partial charge in [-0.05, 0) is 49.4 Å². The number of carbonyl (C=O) groups excluding carboxylic acids is 1. The lowest BCUT2D eigenvalue weighted by molar-refractivity contribution is -0.385. The van der Waals surface area contributed by atoms with Crippen molar-refractivity contribution in [2.75, 3.05) is 6.54 Å². The average molecular weight is 448 g/mol. The fourth-order valence-electron chi connectivity index (χ4n) is 3.42. The van der Waals surface area contributed by atoms with E-state index in [4.69, 9.17) is 4.42 Å². The van der Waals surface area contributed by atoms with Crippen molar-refractivity contribution in [3.8, 4) is 11.3 Å². The lowest BCUT2D eigenvalue weighted by atomic mass is 10.1. The van der Waals surface area contributed by atoms with Crippen LogP contribution in [0.4, 0.5) is 11.4 Å². The van der Waals surface area contributed by atoms with Crippen LogP contribution in [-0.2, 0) is 4.79 Å². The fourth-order valence-corrected chi connectivity index (χ4v) is 4.42. The van der Waals surface area contributed by atoms with Gasteiger partial charge in [0.05, 0.1) is 15.5 Å². The largest absolute Gasteiger partial charge is 0.457 e. The Labute approximate surface area is 189 Å². The van der Waals surface area contributed by atoms with E-state index >= 15 is 0 Å². The van der Waals surface area contributed by atoms with Gasteiger partial charge in [0.2, 0.25) is 0 Å². The molecule has 1 aliphatic rings. The third-order valence-electron chi connectivity index (χ3n) is 4.98. The molecule has 1 fully saturated rings. The maximum absolute atomic E-state index is 13.0. The van der Waals surface area contributed by atoms with E-state index < -0.39 is 4.92 Å². The van der Waals surface area contributed by atoms with Gasteiger partial charge in [-0.1, -0.05) is 37.3 Å². The molecular formula is C24H21N3O4S. The minimum atomic E-state index is -0.408. The molecule has 0 spiro atoms. The summed E-state index contributed by atoms with van der Waals surface area (Å²) in [7, 11) is 0. The molecule has 32 heavy (non-hydrogen) atoms. The van der Waals surface area contributed by atoms with Gasteiger partial charge in [0, 0.05) is 29.8 Å². The van der Waals surface area contributed by atoms with Crippen LogP contribution in [0.25, 0.3) is 17.4 Å². The van der Waals surface area contributed by atoms with Crippen molar-refractivity contribution in [1.82, 2.24) is 4.90 Å². The summed E-state index contributed by atoms with van der Waals surface area (Å²) in [6.45, 7) is 4.28. The predicted molar refractivity (Wildman–Crippen MR) is 127 cm³/mol. The highest BCUT2D eigenvalue weighted by Gasteiger charge is 2.33. The maximum atomic E-state index is 13.0. The Balaban J connectivity index is 1.64. The highest BCUT2D eigenvalue weighted by molar-refractivity contribution is 8.18. The number of aliphatic imine (C=N–C) groups is 1. The van der Waals surface area contributed by atoms with E-state index in [-0.39, 0.29) is 11.6 Å². The molecule has 2 aromatic carbocycles. The normalized spacial score (nSPS) is 16.3. The van der Waals surface area contributed by atoms with Crippen LogP contribution in [0.2, 0.25) is 0 Å². The SMILES string of the molecule is CCCN1C(=O)/C(=C\c2ccc(-c3cccc([N+](=O)[O-])c3C)o2)SC1=Nc1ccccc1. The average Bonchev–Trinajstić information content (AvgIpc) is 3.35. The zero-order valence-corrected chi connectivity index (χ0v) is 18.5. The van der Waals surface area contributed by atoms with Gasteiger partial charge >= 0.3 is 0 Å². The molecule has 162 valence electrons. The molecule has 0 atom stereocenters. The quantitative estimate of drug-likeness (QED) is 0.256. The number of nitro groups is 1. The van der Waals surface area contributed by atoms with E-state index in [1.54, 1.807) is 42.2 Å². The molecule has 4 rings (SSSR count). The first-order chi connectivity index (χ1) is 15.5. The first kappa shape index (κ1) is 21.6. The Morgan fingerprint density at radius 2 is 1.91 bits per heavy atom. The van der Waals surface area contributed by atoms with E-state index in [0.29, 0.717) is 39.3 Å². The molecule has 3 aromatic rings. The maximum Gasteiger partial charge on any atom is 0.273 e. The van der Waals surface area contributed by atoms with Crippen LogP contribution < -0.4 is 0 Å². The third-order valence-corrected chi connectivity index (χ3v) is 5.99. The number of benzene rings is 2. The highest BCUT2D eigenvalue weighted by atomic mass is 32.2. The lowest BCUT2D eigenvalue weighted by Crippen LogP contribution is -2.29. The monoisotopic (exact) mass is 447 g/mol. The van der Waals surface area contributed by atoms with Crippen LogP contribution >= 0.6 is 11.8 Å². The Morgan fingerprint density at radius 3 is 2.62 bits per heavy atom. The molecule has 1 aliphatic heterocycles. The van der Waals surface area contributed by atoms with Crippen LogP contribution in [0.3, 0.4) is 0 Å². The summed E-state index contributed by atoms with van der Waals surface area (Å²) in [6, 6.07) is 17.9. The van der Waals surface area contributed by atoms with Crippen molar-refractivity contribution in [3.63, 3.8) is 0 Å². The van der Waals surface area contributed by atoms with E-state index in [1.165, 1.54) is 17.8 Å². The minimum Gasteiger partial charge on any atom is -0.457 e. The summed E-state index contributed by atoms with van der Waals surface area (Å²) in [5, 5.41) is 11.9. The van der Waals surface area contributed by atoms with Gasteiger partial charge in [0.15, 0.2) is 5.17 Å². The number of para-hydroxylation sites is 1. The second-order valence-electron chi connectivity index (χ2n) is 7.21. The number of rotatable bonds is 6. The number of thioether (sulfide) groups is 1. The molecule has 1 saturated heterocycles. The number of nitrogens with zero attached hydrogens (tertiary/aromatic N) is 3. The highest BCUT2D eigenvalue weighted by Crippen LogP contribution is 2.36. The van der Waals surface area contributed by atoms with Gasteiger partial charge in [-0.3, -0.25) is 19.8 Å². The third kappa shape index (κ3) is 4.36. The summed E-state index contributed by atoms with van der Waals surface area (Å²) in [5.41, 5.74) is 2.00. The van der Waals surface area contributed by atoms with Crippen molar-refractivity contribution >= 4 is 40.3 Å². The number of hydrogen-bond acceptors (Lipinski definition) is 6. The van der Waals surface area contributed by atoms with Crippen molar-refractivity contribution in [1.29, 1.82) is 0 Å². The molecular weight excluding hydrogens is 426 g/mol. The van der Waals surface area contributed by atoms with Crippen molar-refractivity contribution in [3.05, 3.63) is 87.0 Å². The van der Waals surface area contributed by atoms with Crippen molar-refractivity contribution in [2.45, 2.75) is 20.3 Å². The molecule has 0 N–H and O–H groups in total. The Morgan fingerprint density at radius 1 is 1.12 bits per heavy atom. The summed E-state index contributed by atoms with van der Waals surface area (Å²) in [6.07, 6.45) is 2.50. The molecule has 1 aromatic heterocycles. The Hall–Kier alpha value is -3.65. The van der Waals surface area contributed by atoms with E-state index in [2.05, 4.69) is 4.99 Å². The molecule has 0 radical (unpaired) electrons. The topological polar surface area (TPSA) is 89.0 Å². The number of furan rings is 1. The first-order valence-corrected chi connectivity index (χ1v) is 11.0. The number of amides is 1. The Bertz CT molecular complexity index is 1230. The number of hydrogen-bond donors (Lipinski definition) is 0. The second-order valence-corrected chi connectivity index (χ2v) is 8.22. The smallest absolute Gasteiger partial charge is 0.273 e. The van der Waals surface area contributed by atoms with Crippen LogP contribution in [0.15, 0.2) is 75.0 Å². The molecule has 0 aliphatic carbocycles. The number of amidine groups is 1. The van der Waals surface area contributed by atoms with Gasteiger partial charge in [-0.2, -0.15) is 0 Å². The fraction of sp³-hybridized carbons (Fsp3) is 0.167. The molecule has 7 nitrogen and oxygen atoms in total. The van der Waals surface area contributed by atoms with Crippen molar-refractivity contribution < 1.29 is 14.1 Å². The van der Waals surface area contributed by atoms with Gasteiger partial charge in [0.25, 0.3) is 11.6 Å². The molecule has 0 saturated carbocycles. The standard InChI is InChI=1S/C24H21N3O4S/c1-3-14-26-23(28)22(32-24(26)25-17-8-5-4-6-9-17)15-18-12-13-21(31-18)19-10-7-11-20(16(19)2)27(29)30/h4-13,15H,3,14H2,1-2H3/b22-15+,25-24?. The number of carbonyl (C=O) groups is 1. The van der Waals surface area contributed by atoms with Gasteiger partial charge in [-0.25, -0.2) is 4.99 Å². The van der Waals surface area contributed by atoms with Gasteiger partial charge in [0.1, 0.15) is 11.5 Å². The van der Waals surface area contributed by atoms with Gasteiger partial charge in [-0.15, -0.1) is 0 Å². The van der Waals surface area contributed by atoms with Crippen molar-refractivity contribution in [2.24, 2.45) is 4.99 Å². The zero-order chi connectivity index (χ0) is 22.7. The predicted octanol–water partition coefficient (Wildman–Crippen LogP) is 6.18. The van der Waals surface area contributed by atoms with Crippen LogP contribution in [0, 0.1) is 17.0 Å². The molecule has 0 unspecified atom stereocenters. The van der Waals surface area contributed by atoms with Crippen LogP contribution in [0.5, 0.6) is 0 Å². The summed E-state index contributed by atoms with van der Waals surface area (Å²) in [5.74, 6) is 0.896. The van der Waals surface area contributed by atoms with E-state index in [9.17, 15) is 14.9 Å². The molecule has 8 heteroatoms. The number of nitro benzene ring substituents is 1. The first-order valence-electron chi connectivity index (χ1n) is 10.2. The zero-order valence-electron chi connectivity index (χ0n) is 17.6. The lowest BCUT2D eigenvalue weighted by Gasteiger charge is -2.13. The summed E-state index contributed by atoms with van der Waals surface area (Å²) >= 11 is 1.31. The summed E-state index contributed by atoms with van der Waals surface area (Å²) < 4.78 is 5.92. The Kier molecular flexibility index (Phi) is 6.23. The molecule has 2 heterocycles. The van der Waals surface area contributed by atoms with Gasteiger partial charge < -0.3 is 4.42 Å².